The molecule has 0 radical (unpaired) electrons. The molecule has 18 nitrogen and oxygen atoms in total. The third kappa shape index (κ3) is 24.8. The number of carbonyl (C=O) groups is 3. The fraction of sp³-hybridized carbons (Fsp3) is 0.284. The Balaban J connectivity index is 0.000000244. The summed E-state index contributed by atoms with van der Waals surface area (Å²) in [5.74, 6) is -2.65. The summed E-state index contributed by atoms with van der Waals surface area (Å²) in [5.41, 5.74) is 6.43. The second-order valence-corrected chi connectivity index (χ2v) is 26.7. The number of aliphatic hydroxyl groups excluding tert-OH is 3. The van der Waals surface area contributed by atoms with E-state index in [-0.39, 0.29) is 108 Å². The number of aliphatic hydroxyl groups is 3. The Hall–Kier alpha value is -6.72. The Kier molecular flexibility index (Phi) is 32.6. The van der Waals surface area contributed by atoms with Gasteiger partial charge in [0.2, 0.25) is 0 Å². The molecule has 7 aromatic carbocycles. The number of carboxylic acids is 2. The van der Waals surface area contributed by atoms with E-state index in [1.165, 1.54) is 42.7 Å². The van der Waals surface area contributed by atoms with Gasteiger partial charge in [-0.3, -0.25) is 14.5 Å². The van der Waals surface area contributed by atoms with Crippen molar-refractivity contribution in [1.29, 1.82) is 0 Å². The number of rotatable bonds is 30. The number of hydrogen-bond acceptors (Lipinski definition) is 18. The number of nitrogens with one attached hydrogen (secondary N) is 4. The topological polar surface area (TPSA) is 285 Å². The quantitative estimate of drug-likeness (QED) is 0.0193. The summed E-state index contributed by atoms with van der Waals surface area (Å²) < 4.78 is 77.3. The first-order valence-corrected chi connectivity index (χ1v) is 34.2. The number of hydrogen-bond donors (Lipinski definition) is 7. The summed E-state index contributed by atoms with van der Waals surface area (Å²) in [4.78, 5) is 42.8. The molecule has 516 valence electrons. The predicted octanol–water partition coefficient (Wildman–Crippen LogP) is 3.28. The van der Waals surface area contributed by atoms with E-state index >= 15 is 0 Å². The number of aromatic nitrogens is 2. The number of benzene rings is 7. The second-order valence-electron chi connectivity index (χ2n) is 23.7. The van der Waals surface area contributed by atoms with Gasteiger partial charge in [0.1, 0.15) is 24.0 Å². The number of ketones is 1. The fourth-order valence-electron chi connectivity index (χ4n) is 10.7. The number of carboxylic acid groups (broad SMARTS) is 2. The standard InChI is InChI=1S/C31H27F3N4O3S2.C22H25NO5.C21H26ClNO4.2Na/c32-31(33,34)25-9-5-22(6-10-25)28-20-42-30(37-28)23-7-13-27(14-8-23)43(40,41)38-26-11-3-21(4-12-26)15-17-36-19-29(39)24-2-1-16-35-18-24;1-14(23-13-19(24)16-5-3-2-4-6-16)9-15-7-8-17-11-22(20(25)26,21(27)28)12-18(17)10-15;1-15(23-12-21(25)17-4-3-5-18(22)11-17)10-16-6-8-20(9-7-16)27-14-19(24)13-26-2;;/h1-14,16,18,20,29,36,38-39H,15,17,19H2;2-8,10,14,19,23-24H,9,11-13H2,1H3,(H,25,26)(H,27,28);3-9,11,15,21,23,25H,10,12-14H2,1-2H3;;/q;;;2*+1/p-2. The van der Waals surface area contributed by atoms with Crippen LogP contribution in [-0.4, -0.2) is 110 Å². The summed E-state index contributed by atoms with van der Waals surface area (Å²) in [6, 6.07) is 51.8. The van der Waals surface area contributed by atoms with Gasteiger partial charge >= 0.3 is 65.3 Å². The van der Waals surface area contributed by atoms with E-state index in [9.17, 15) is 61.5 Å². The van der Waals surface area contributed by atoms with Gasteiger partial charge in [0.05, 0.1) is 51.8 Å². The molecular formula is C74H76ClF3N6Na2O12S2. The first-order valence-electron chi connectivity index (χ1n) is 31.4. The van der Waals surface area contributed by atoms with Crippen molar-refractivity contribution in [2.75, 3.05) is 51.2 Å². The number of carbonyl (C=O) groups excluding carboxylic acids is 3. The van der Waals surface area contributed by atoms with Crippen molar-refractivity contribution in [2.45, 2.75) is 87.4 Å². The SMILES string of the molecule is CC(Cc1ccc2c(c1)CC(C(=O)[O-])(C(=O)[O-])C2)NCC(O)c1ccccc1.COCC(=O)COc1ccc(CC(C)NCC(O)c2cccc(Cl)c2)cc1.O=S(=O)(Nc1ccc(CCNCC(O)c2cccnc2)cc1)c1ccc(-c2nc(-c3ccc(C(F)(F)F)cc3)cs2)cc1.[Na+].[Na+]. The first kappa shape index (κ1) is 82.2. The minimum atomic E-state index is -4.41. The molecule has 2 heterocycles. The number of anilines is 1. The molecular weight excluding hydrogens is 1370 g/mol. The maximum Gasteiger partial charge on any atom is 1.00 e. The molecule has 7 N–H and O–H groups in total. The van der Waals surface area contributed by atoms with Crippen molar-refractivity contribution in [3.63, 3.8) is 0 Å². The molecule has 0 bridgehead atoms. The normalized spacial score (nSPS) is 13.7. The van der Waals surface area contributed by atoms with Gasteiger partial charge in [-0.1, -0.05) is 127 Å². The minimum absolute atomic E-state index is 0. The number of fused-ring (bicyclic) bond motifs is 1. The van der Waals surface area contributed by atoms with Crippen LogP contribution in [0.2, 0.25) is 5.02 Å². The molecule has 0 spiro atoms. The van der Waals surface area contributed by atoms with Gasteiger partial charge in [0, 0.05) is 84.0 Å². The van der Waals surface area contributed by atoms with Crippen molar-refractivity contribution in [3.05, 3.63) is 255 Å². The average molecular weight is 1440 g/mol. The molecule has 9 aromatic rings. The summed E-state index contributed by atoms with van der Waals surface area (Å²) in [5, 5.41) is 66.3. The third-order valence-corrected chi connectivity index (χ3v) is 18.6. The molecule has 0 aliphatic heterocycles. The molecule has 1 aliphatic rings. The molecule has 2 aromatic heterocycles. The number of halogens is 4. The zero-order chi connectivity index (χ0) is 70.4. The Labute approximate surface area is 633 Å². The average Bonchev–Trinajstić information content (AvgIpc) is 1.67. The van der Waals surface area contributed by atoms with E-state index in [1.807, 2.05) is 104 Å². The van der Waals surface area contributed by atoms with E-state index in [1.54, 1.807) is 66.3 Å². The van der Waals surface area contributed by atoms with E-state index in [0.717, 1.165) is 51.9 Å². The Morgan fingerprint density at radius 2 is 1.24 bits per heavy atom. The van der Waals surface area contributed by atoms with Crippen LogP contribution in [0.1, 0.15) is 82.2 Å². The first-order chi connectivity index (χ1) is 46.9. The number of pyridine rings is 1. The second kappa shape index (κ2) is 39.6. The molecule has 5 atom stereocenters. The van der Waals surface area contributed by atoms with Crippen LogP contribution in [0.3, 0.4) is 0 Å². The predicted molar refractivity (Wildman–Crippen MR) is 366 cm³/mol. The maximum atomic E-state index is 13.0. The van der Waals surface area contributed by atoms with Crippen LogP contribution in [0.25, 0.3) is 21.8 Å². The van der Waals surface area contributed by atoms with Crippen molar-refractivity contribution in [1.82, 2.24) is 25.9 Å². The molecule has 0 amide bonds. The Morgan fingerprint density at radius 3 is 1.85 bits per heavy atom. The number of alkyl halides is 3. The minimum Gasteiger partial charge on any atom is -0.549 e. The van der Waals surface area contributed by atoms with E-state index < -0.39 is 57.4 Å². The zero-order valence-electron chi connectivity index (χ0n) is 56.0. The zero-order valence-corrected chi connectivity index (χ0v) is 62.3. The van der Waals surface area contributed by atoms with Crippen LogP contribution in [0.5, 0.6) is 5.75 Å². The molecule has 0 saturated carbocycles. The molecule has 100 heavy (non-hydrogen) atoms. The molecule has 26 heteroatoms. The van der Waals surface area contributed by atoms with Gasteiger partial charge in [-0.05, 0) is 158 Å². The summed E-state index contributed by atoms with van der Waals surface area (Å²) in [7, 11) is -2.36. The van der Waals surface area contributed by atoms with Crippen LogP contribution in [0.15, 0.2) is 205 Å². The van der Waals surface area contributed by atoms with E-state index in [0.29, 0.717) is 88.4 Å². The van der Waals surface area contributed by atoms with E-state index in [2.05, 4.69) is 37.6 Å². The monoisotopic (exact) mass is 1440 g/mol. The van der Waals surface area contributed by atoms with Crippen molar-refractivity contribution in [3.8, 4) is 27.6 Å². The number of nitrogens with zero attached hydrogens (tertiary/aromatic N) is 2. The van der Waals surface area contributed by atoms with Crippen molar-refractivity contribution >= 4 is 56.4 Å². The fourth-order valence-corrected chi connectivity index (χ4v) is 12.8. The number of Topliss-reactive ketones (excluding diaryl/α,β-unsaturated/α-hetero) is 1. The van der Waals surface area contributed by atoms with Gasteiger partial charge in [-0.2, -0.15) is 13.2 Å². The Bertz CT molecular complexity index is 4140. The maximum absolute atomic E-state index is 13.0. The summed E-state index contributed by atoms with van der Waals surface area (Å²) in [6.45, 7) is 6.02. The van der Waals surface area contributed by atoms with Gasteiger partial charge < -0.3 is 60.5 Å². The molecule has 0 fully saturated rings. The number of aliphatic carboxylic acids is 2. The van der Waals surface area contributed by atoms with Crippen LogP contribution in [-0.2, 0) is 67.4 Å². The van der Waals surface area contributed by atoms with Crippen LogP contribution in [0, 0.1) is 5.41 Å². The van der Waals surface area contributed by atoms with E-state index in [4.69, 9.17) is 21.1 Å². The number of sulfonamides is 1. The smallest absolute Gasteiger partial charge is 0.549 e. The summed E-state index contributed by atoms with van der Waals surface area (Å²) >= 11 is 7.27. The Morgan fingerprint density at radius 1 is 0.660 bits per heavy atom. The van der Waals surface area contributed by atoms with Gasteiger partial charge in [-0.15, -0.1) is 11.3 Å². The molecule has 0 saturated heterocycles. The van der Waals surface area contributed by atoms with Gasteiger partial charge in [0.15, 0.2) is 5.78 Å². The van der Waals surface area contributed by atoms with Crippen LogP contribution >= 0.6 is 22.9 Å². The molecule has 10 rings (SSSR count). The number of methoxy groups -OCH3 is 1. The number of ether oxygens (including phenoxy) is 2. The summed E-state index contributed by atoms with van der Waals surface area (Å²) in [6.07, 6.45) is -1.02. The number of thiazole rings is 1. The molecule has 1 aliphatic carbocycles. The van der Waals surface area contributed by atoms with Crippen molar-refractivity contribution < 1.29 is 130 Å². The van der Waals surface area contributed by atoms with Gasteiger partial charge in [0.25, 0.3) is 10.0 Å². The van der Waals surface area contributed by atoms with Crippen LogP contribution < -0.4 is 94.7 Å². The van der Waals surface area contributed by atoms with Gasteiger partial charge in [-0.25, -0.2) is 13.4 Å². The largest absolute Gasteiger partial charge is 1.00 e. The third-order valence-electron chi connectivity index (χ3n) is 16.1. The van der Waals surface area contributed by atoms with Crippen molar-refractivity contribution in [2.24, 2.45) is 5.41 Å². The molecule has 5 unspecified atom stereocenters. The van der Waals surface area contributed by atoms with Crippen LogP contribution in [0.4, 0.5) is 18.9 Å².